The van der Waals surface area contributed by atoms with Crippen LogP contribution in [0.2, 0.25) is 0 Å². The summed E-state index contributed by atoms with van der Waals surface area (Å²) < 4.78 is 13.5. The molecule has 0 radical (unpaired) electrons. The van der Waals surface area contributed by atoms with Gasteiger partial charge in [-0.25, -0.2) is 4.39 Å². The third kappa shape index (κ3) is 7.69. The lowest BCUT2D eigenvalue weighted by Crippen LogP contribution is -2.35. The molecule has 38 heavy (non-hydrogen) atoms. The highest BCUT2D eigenvalue weighted by molar-refractivity contribution is 14.0. The Kier molecular flexibility index (Phi) is 12.0. The van der Waals surface area contributed by atoms with Crippen LogP contribution in [0, 0.1) is 5.82 Å². The van der Waals surface area contributed by atoms with Crippen molar-refractivity contribution in [3.8, 4) is 0 Å². The Morgan fingerprint density at radius 3 is 2.21 bits per heavy atom. The van der Waals surface area contributed by atoms with Gasteiger partial charge >= 0.3 is 0 Å². The quantitative estimate of drug-likeness (QED) is 0.359. The zero-order chi connectivity index (χ0) is 26.9. The number of nitrogens with two attached hydrogens (primary N) is 2. The van der Waals surface area contributed by atoms with Crippen LogP contribution in [0.5, 0.6) is 0 Å². The van der Waals surface area contributed by atoms with Crippen molar-refractivity contribution in [2.24, 2.45) is 11.5 Å². The molecule has 204 valence electrons. The fourth-order valence-corrected chi connectivity index (χ4v) is 4.74. The van der Waals surface area contributed by atoms with Gasteiger partial charge in [-0.1, -0.05) is 38.1 Å². The van der Waals surface area contributed by atoms with Crippen molar-refractivity contribution in [3.63, 3.8) is 0 Å². The summed E-state index contributed by atoms with van der Waals surface area (Å²) in [5, 5.41) is 3.05. The maximum atomic E-state index is 13.5. The first-order valence-corrected chi connectivity index (χ1v) is 12.9. The zero-order valence-electron chi connectivity index (χ0n) is 22.3. The van der Waals surface area contributed by atoms with Crippen LogP contribution in [0.3, 0.4) is 0 Å². The van der Waals surface area contributed by atoms with Gasteiger partial charge in [-0.2, -0.15) is 0 Å². The molecule has 4 rings (SSSR count). The van der Waals surface area contributed by atoms with Gasteiger partial charge in [0.2, 0.25) is 5.91 Å². The third-order valence-electron chi connectivity index (χ3n) is 6.80. The van der Waals surface area contributed by atoms with E-state index in [1.807, 2.05) is 50.1 Å². The summed E-state index contributed by atoms with van der Waals surface area (Å²) >= 11 is 0. The second-order valence-electron chi connectivity index (χ2n) is 8.99. The van der Waals surface area contributed by atoms with Gasteiger partial charge in [0.05, 0.1) is 0 Å². The molecule has 2 aromatic rings. The van der Waals surface area contributed by atoms with Crippen LogP contribution in [-0.2, 0) is 4.79 Å². The second kappa shape index (κ2) is 14.7. The number of nitrogens with one attached hydrogen (secondary N) is 1. The Hall–Kier alpha value is -3.14. The molecule has 5 N–H and O–H groups in total. The van der Waals surface area contributed by atoms with Gasteiger partial charge in [0.1, 0.15) is 5.82 Å². The number of halogens is 2. The highest BCUT2D eigenvalue weighted by Gasteiger charge is 2.24. The van der Waals surface area contributed by atoms with Crippen LogP contribution >= 0.6 is 24.0 Å². The lowest BCUT2D eigenvalue weighted by Gasteiger charge is -2.29. The van der Waals surface area contributed by atoms with E-state index in [9.17, 15) is 14.0 Å². The first-order valence-electron chi connectivity index (χ1n) is 12.9. The summed E-state index contributed by atoms with van der Waals surface area (Å²) in [7, 11) is 1.84. The number of allylic oxidation sites excluding steroid dienone is 2. The molecule has 1 aliphatic heterocycles. The molecule has 1 atom stereocenters. The maximum absolute atomic E-state index is 13.5. The van der Waals surface area contributed by atoms with Gasteiger partial charge in [-0.3, -0.25) is 9.59 Å². The Labute approximate surface area is 242 Å². The Balaban J connectivity index is 0.00000165. The number of primary amides is 1. The minimum atomic E-state index is -0.500. The van der Waals surface area contributed by atoms with E-state index in [2.05, 4.69) is 17.5 Å². The van der Waals surface area contributed by atoms with Gasteiger partial charge in [0.25, 0.3) is 5.91 Å². The number of carbonyl (C=O) groups excluding carboxylic acids is 2. The molecule has 1 aliphatic carbocycles. The minimum absolute atomic E-state index is 0. The van der Waals surface area contributed by atoms with E-state index >= 15 is 0 Å². The van der Waals surface area contributed by atoms with Crippen LogP contribution in [0.15, 0.2) is 83.1 Å². The van der Waals surface area contributed by atoms with Crippen molar-refractivity contribution >= 4 is 41.5 Å². The molecular formula is C30H38FIN4O2. The number of hydrogen-bond acceptors (Lipinski definition) is 4. The van der Waals surface area contributed by atoms with E-state index in [1.54, 1.807) is 12.1 Å². The first kappa shape index (κ1) is 31.1. The molecule has 2 aromatic carbocycles. The Morgan fingerprint density at radius 2 is 1.66 bits per heavy atom. The van der Waals surface area contributed by atoms with Crippen LogP contribution in [0.25, 0.3) is 0 Å². The average Bonchev–Trinajstić information content (AvgIpc) is 2.92. The van der Waals surface area contributed by atoms with Crippen molar-refractivity contribution in [2.45, 2.75) is 45.4 Å². The number of amides is 2. The number of anilines is 1. The fourth-order valence-electron chi connectivity index (χ4n) is 4.74. The number of rotatable bonds is 5. The molecule has 0 fully saturated rings. The molecule has 0 bridgehead atoms. The van der Waals surface area contributed by atoms with Gasteiger partial charge < -0.3 is 21.7 Å². The number of nitrogens with zero attached hydrogens (tertiary/aromatic N) is 1. The summed E-state index contributed by atoms with van der Waals surface area (Å²) in [6, 6.07) is 13.9. The van der Waals surface area contributed by atoms with Crippen LogP contribution < -0.4 is 16.8 Å². The van der Waals surface area contributed by atoms with E-state index in [0.717, 1.165) is 22.4 Å². The van der Waals surface area contributed by atoms with E-state index in [0.29, 0.717) is 55.6 Å². The standard InChI is InChI=1S/C28H31FN4O2.C2H6.HI/c1-32-24-9-4-20(5-10-24)28(35)33-14-12-19(13-15-33)22-16-21(18-2-7-23(29)8-3-18)6-11-25(27(31)34)26(30)17-22;1-2;/h2-5,7-10,12,16,21,32H,6,11,13-15,17,30H2,1H3,(H2,31,34);1-2H3;1H/b22-16+,26-25-;;. The molecule has 2 aliphatic rings. The molecule has 1 heterocycles. The molecule has 0 aromatic heterocycles. The Morgan fingerprint density at radius 1 is 1.00 bits per heavy atom. The topological polar surface area (TPSA) is 101 Å². The van der Waals surface area contributed by atoms with E-state index in [4.69, 9.17) is 11.5 Å². The first-order chi connectivity index (χ1) is 17.9. The normalized spacial score (nSPS) is 20.7. The number of benzene rings is 2. The largest absolute Gasteiger partial charge is 0.401 e. The lowest BCUT2D eigenvalue weighted by atomic mass is 9.83. The summed E-state index contributed by atoms with van der Waals surface area (Å²) in [6.07, 6.45) is 6.46. The maximum Gasteiger partial charge on any atom is 0.254 e. The lowest BCUT2D eigenvalue weighted by molar-refractivity contribution is -0.114. The summed E-state index contributed by atoms with van der Waals surface area (Å²) in [6.45, 7) is 5.08. The minimum Gasteiger partial charge on any atom is -0.401 e. The predicted molar refractivity (Wildman–Crippen MR) is 163 cm³/mol. The van der Waals surface area contributed by atoms with E-state index < -0.39 is 5.91 Å². The van der Waals surface area contributed by atoms with Crippen molar-refractivity contribution in [1.82, 2.24) is 4.90 Å². The van der Waals surface area contributed by atoms with Crippen molar-refractivity contribution in [2.75, 3.05) is 25.5 Å². The molecule has 0 saturated heterocycles. The SMILES string of the molecule is CC.CNc1ccc(C(=O)N2CC=C(/C3=C/C(c4ccc(F)cc4)CC/C(C(N)=O)=C(/N)C3)CC2)cc1.I. The molecule has 8 heteroatoms. The molecule has 1 unspecified atom stereocenters. The summed E-state index contributed by atoms with van der Waals surface area (Å²) in [4.78, 5) is 26.8. The van der Waals surface area contributed by atoms with Crippen LogP contribution in [0.4, 0.5) is 10.1 Å². The smallest absolute Gasteiger partial charge is 0.254 e. The molecule has 0 spiro atoms. The monoisotopic (exact) mass is 632 g/mol. The van der Waals surface area contributed by atoms with Crippen molar-refractivity contribution in [1.29, 1.82) is 0 Å². The van der Waals surface area contributed by atoms with Gasteiger partial charge in [0.15, 0.2) is 0 Å². The van der Waals surface area contributed by atoms with Gasteiger partial charge in [-0.05, 0) is 72.4 Å². The molecule has 6 nitrogen and oxygen atoms in total. The highest BCUT2D eigenvalue weighted by atomic mass is 127. The van der Waals surface area contributed by atoms with Crippen molar-refractivity contribution in [3.05, 3.63) is 100 Å². The van der Waals surface area contributed by atoms with E-state index in [1.165, 1.54) is 12.1 Å². The average molecular weight is 633 g/mol. The Bertz CT molecular complexity index is 1200. The predicted octanol–water partition coefficient (Wildman–Crippen LogP) is 5.88. The summed E-state index contributed by atoms with van der Waals surface area (Å²) in [5.41, 5.74) is 17.6. The number of carbonyl (C=O) groups is 2. The van der Waals surface area contributed by atoms with Gasteiger partial charge in [0, 0.05) is 55.0 Å². The molecular weight excluding hydrogens is 594 g/mol. The third-order valence-corrected chi connectivity index (χ3v) is 6.80. The van der Waals surface area contributed by atoms with Crippen LogP contribution in [0.1, 0.15) is 61.4 Å². The fraction of sp³-hybridized carbons (Fsp3) is 0.333. The summed E-state index contributed by atoms with van der Waals surface area (Å²) in [5.74, 6) is -0.792. The van der Waals surface area contributed by atoms with Gasteiger partial charge in [-0.15, -0.1) is 24.0 Å². The molecule has 2 amide bonds. The van der Waals surface area contributed by atoms with Crippen molar-refractivity contribution < 1.29 is 14.0 Å². The van der Waals surface area contributed by atoms with Crippen LogP contribution in [-0.4, -0.2) is 36.9 Å². The molecule has 0 saturated carbocycles. The number of hydrogen-bond donors (Lipinski definition) is 3. The zero-order valence-corrected chi connectivity index (χ0v) is 24.6. The highest BCUT2D eigenvalue weighted by Crippen LogP contribution is 2.35. The van der Waals surface area contributed by atoms with E-state index in [-0.39, 0.29) is 41.6 Å². The second-order valence-corrected chi connectivity index (χ2v) is 8.99.